The van der Waals surface area contributed by atoms with E-state index in [4.69, 9.17) is 4.74 Å². The third-order valence-electron chi connectivity index (χ3n) is 3.11. The highest BCUT2D eigenvalue weighted by Gasteiger charge is 2.15. The Labute approximate surface area is 100 Å². The van der Waals surface area contributed by atoms with Gasteiger partial charge in [-0.15, -0.1) is 0 Å². The van der Waals surface area contributed by atoms with Gasteiger partial charge in [0.2, 0.25) is 0 Å². The summed E-state index contributed by atoms with van der Waals surface area (Å²) in [5.74, 6) is 0.869. The van der Waals surface area contributed by atoms with E-state index < -0.39 is 0 Å². The molecule has 0 saturated heterocycles. The van der Waals surface area contributed by atoms with Crippen LogP contribution in [-0.4, -0.2) is 23.2 Å². The zero-order valence-electron chi connectivity index (χ0n) is 9.81. The first-order valence-corrected chi connectivity index (χ1v) is 5.77. The van der Waals surface area contributed by atoms with Crippen LogP contribution in [0.15, 0.2) is 30.6 Å². The van der Waals surface area contributed by atoms with E-state index in [2.05, 4.69) is 20.9 Å². The van der Waals surface area contributed by atoms with Crippen LogP contribution in [0.2, 0.25) is 0 Å². The first-order valence-electron chi connectivity index (χ1n) is 5.77. The van der Waals surface area contributed by atoms with Crippen molar-refractivity contribution in [3.63, 3.8) is 0 Å². The highest BCUT2D eigenvalue weighted by Crippen LogP contribution is 2.26. The van der Waals surface area contributed by atoms with Crippen molar-refractivity contribution in [2.24, 2.45) is 0 Å². The number of hydrogen-bond acceptors (Lipinski definition) is 3. The van der Waals surface area contributed by atoms with Crippen molar-refractivity contribution >= 4 is 0 Å². The third kappa shape index (κ3) is 1.80. The maximum Gasteiger partial charge on any atom is 0.119 e. The van der Waals surface area contributed by atoms with Crippen molar-refractivity contribution in [2.45, 2.75) is 13.1 Å². The van der Waals surface area contributed by atoms with Crippen LogP contribution in [0.3, 0.4) is 0 Å². The summed E-state index contributed by atoms with van der Waals surface area (Å²) in [4.78, 5) is 4.51. The summed E-state index contributed by atoms with van der Waals surface area (Å²) < 4.78 is 7.46. The molecule has 1 aromatic carbocycles. The van der Waals surface area contributed by atoms with Crippen molar-refractivity contribution in [2.75, 3.05) is 13.7 Å². The second kappa shape index (κ2) is 4.22. The normalized spacial score (nSPS) is 14.4. The molecule has 0 aliphatic carbocycles. The first kappa shape index (κ1) is 10.4. The van der Waals surface area contributed by atoms with Crippen LogP contribution in [0.1, 0.15) is 5.69 Å². The predicted molar refractivity (Wildman–Crippen MR) is 65.9 cm³/mol. The summed E-state index contributed by atoms with van der Waals surface area (Å²) in [7, 11) is 1.68. The molecule has 0 fully saturated rings. The Morgan fingerprint density at radius 1 is 1.41 bits per heavy atom. The van der Waals surface area contributed by atoms with Gasteiger partial charge in [0.15, 0.2) is 0 Å². The van der Waals surface area contributed by atoms with Crippen LogP contribution in [0.4, 0.5) is 0 Å². The van der Waals surface area contributed by atoms with Crippen molar-refractivity contribution in [3.05, 3.63) is 36.3 Å². The fourth-order valence-corrected chi connectivity index (χ4v) is 2.20. The number of fused-ring (bicyclic) bond motifs is 1. The first-order chi connectivity index (χ1) is 8.38. The molecule has 17 heavy (non-hydrogen) atoms. The maximum atomic E-state index is 5.25. The van der Waals surface area contributed by atoms with Gasteiger partial charge in [-0.3, -0.25) is 0 Å². The lowest BCUT2D eigenvalue weighted by Gasteiger charge is -2.16. The van der Waals surface area contributed by atoms with E-state index in [0.29, 0.717) is 0 Å². The molecule has 1 aromatic heterocycles. The van der Waals surface area contributed by atoms with E-state index in [-0.39, 0.29) is 0 Å². The Balaban J connectivity index is 2.05. The lowest BCUT2D eigenvalue weighted by Crippen LogP contribution is -2.27. The number of imidazole rings is 1. The Hall–Kier alpha value is -1.81. The molecule has 0 amide bonds. The molecule has 0 atom stereocenters. The number of hydrogen-bond donors (Lipinski definition) is 1. The van der Waals surface area contributed by atoms with Gasteiger partial charge < -0.3 is 14.6 Å². The van der Waals surface area contributed by atoms with E-state index in [9.17, 15) is 0 Å². The number of nitrogens with zero attached hydrogens (tertiary/aromatic N) is 2. The van der Waals surface area contributed by atoms with Gasteiger partial charge in [0, 0.05) is 25.2 Å². The summed E-state index contributed by atoms with van der Waals surface area (Å²) in [6.07, 6.45) is 1.92. The standard InChI is InChI=1S/C13H15N3O/c1-17-11-4-2-3-10(7-11)13-12-8-14-5-6-16(12)9-15-13/h2-4,7,9,14H,5-6,8H2,1H3. The zero-order valence-corrected chi connectivity index (χ0v) is 9.81. The Morgan fingerprint density at radius 3 is 3.24 bits per heavy atom. The van der Waals surface area contributed by atoms with E-state index in [1.165, 1.54) is 5.69 Å². The van der Waals surface area contributed by atoms with Gasteiger partial charge in [0.25, 0.3) is 0 Å². The number of aromatic nitrogens is 2. The minimum atomic E-state index is 0.869. The monoisotopic (exact) mass is 229 g/mol. The Bertz CT molecular complexity index is 533. The third-order valence-corrected chi connectivity index (χ3v) is 3.11. The molecule has 0 spiro atoms. The van der Waals surface area contributed by atoms with Gasteiger partial charge in [-0.2, -0.15) is 0 Å². The number of benzene rings is 1. The number of ether oxygens (including phenoxy) is 1. The SMILES string of the molecule is COc1cccc(-c2ncn3c2CNCC3)c1. The fourth-order valence-electron chi connectivity index (χ4n) is 2.20. The van der Waals surface area contributed by atoms with Crippen LogP contribution in [0, 0.1) is 0 Å². The Kier molecular flexibility index (Phi) is 2.57. The van der Waals surface area contributed by atoms with E-state index in [1.807, 2.05) is 24.5 Å². The smallest absolute Gasteiger partial charge is 0.119 e. The minimum Gasteiger partial charge on any atom is -0.497 e. The van der Waals surface area contributed by atoms with Gasteiger partial charge in [-0.1, -0.05) is 12.1 Å². The van der Waals surface area contributed by atoms with Gasteiger partial charge in [-0.25, -0.2) is 4.98 Å². The molecular formula is C13H15N3O. The van der Waals surface area contributed by atoms with Crippen molar-refractivity contribution in [1.29, 1.82) is 0 Å². The van der Waals surface area contributed by atoms with Crippen molar-refractivity contribution < 1.29 is 4.74 Å². The molecule has 1 aliphatic heterocycles. The molecule has 0 saturated carbocycles. The minimum absolute atomic E-state index is 0.869. The summed E-state index contributed by atoms with van der Waals surface area (Å²) in [6.45, 7) is 2.89. The molecule has 3 rings (SSSR count). The largest absolute Gasteiger partial charge is 0.497 e. The molecule has 4 nitrogen and oxygen atoms in total. The van der Waals surface area contributed by atoms with Crippen LogP contribution in [-0.2, 0) is 13.1 Å². The molecule has 88 valence electrons. The van der Waals surface area contributed by atoms with E-state index >= 15 is 0 Å². The Morgan fingerprint density at radius 2 is 2.35 bits per heavy atom. The predicted octanol–water partition coefficient (Wildman–Crippen LogP) is 1.66. The molecule has 2 aromatic rings. The van der Waals surface area contributed by atoms with Crippen LogP contribution in [0.5, 0.6) is 5.75 Å². The number of methoxy groups -OCH3 is 1. The molecule has 0 radical (unpaired) electrons. The molecule has 0 bridgehead atoms. The molecule has 0 unspecified atom stereocenters. The van der Waals surface area contributed by atoms with Crippen LogP contribution < -0.4 is 10.1 Å². The van der Waals surface area contributed by atoms with Crippen LogP contribution in [0.25, 0.3) is 11.3 Å². The summed E-state index contributed by atoms with van der Waals surface area (Å²) in [5.41, 5.74) is 3.42. The average Bonchev–Trinajstić information content (AvgIpc) is 2.82. The highest BCUT2D eigenvalue weighted by atomic mass is 16.5. The molecular weight excluding hydrogens is 214 g/mol. The second-order valence-corrected chi connectivity index (χ2v) is 4.14. The molecule has 1 aliphatic rings. The average molecular weight is 229 g/mol. The number of rotatable bonds is 2. The molecule has 4 heteroatoms. The topological polar surface area (TPSA) is 39.1 Å². The second-order valence-electron chi connectivity index (χ2n) is 4.14. The lowest BCUT2D eigenvalue weighted by atomic mass is 10.1. The van der Waals surface area contributed by atoms with Gasteiger partial charge in [0.1, 0.15) is 5.75 Å². The van der Waals surface area contributed by atoms with E-state index in [0.717, 1.165) is 36.6 Å². The van der Waals surface area contributed by atoms with Crippen molar-refractivity contribution in [3.8, 4) is 17.0 Å². The summed E-state index contributed by atoms with van der Waals surface area (Å²) >= 11 is 0. The zero-order chi connectivity index (χ0) is 11.7. The number of nitrogens with one attached hydrogen (secondary N) is 1. The maximum absolute atomic E-state index is 5.25. The summed E-state index contributed by atoms with van der Waals surface area (Å²) in [5, 5.41) is 3.37. The summed E-state index contributed by atoms with van der Waals surface area (Å²) in [6, 6.07) is 8.04. The molecule has 2 heterocycles. The fraction of sp³-hybridized carbons (Fsp3) is 0.308. The lowest BCUT2D eigenvalue weighted by molar-refractivity contribution is 0.415. The molecule has 1 N–H and O–H groups in total. The highest BCUT2D eigenvalue weighted by molar-refractivity contribution is 5.64. The van der Waals surface area contributed by atoms with Crippen LogP contribution >= 0.6 is 0 Å². The van der Waals surface area contributed by atoms with Gasteiger partial charge >= 0.3 is 0 Å². The quantitative estimate of drug-likeness (QED) is 0.851. The van der Waals surface area contributed by atoms with Gasteiger partial charge in [0.05, 0.1) is 24.8 Å². The van der Waals surface area contributed by atoms with E-state index in [1.54, 1.807) is 7.11 Å². The van der Waals surface area contributed by atoms with Gasteiger partial charge in [-0.05, 0) is 12.1 Å². The van der Waals surface area contributed by atoms with Crippen molar-refractivity contribution in [1.82, 2.24) is 14.9 Å².